The summed E-state index contributed by atoms with van der Waals surface area (Å²) in [4.78, 5) is 1.75. The Kier molecular flexibility index (Phi) is 4.66. The second-order valence-electron chi connectivity index (χ2n) is 7.10. The second kappa shape index (κ2) is 6.83. The summed E-state index contributed by atoms with van der Waals surface area (Å²) >= 11 is 1.30. The Balaban J connectivity index is 1.75. The maximum atomic E-state index is 15.0. The number of ether oxygens (including phenoxy) is 1. The summed E-state index contributed by atoms with van der Waals surface area (Å²) in [5.41, 5.74) is 0.528. The van der Waals surface area contributed by atoms with Gasteiger partial charge < -0.3 is 14.7 Å². The zero-order valence-electron chi connectivity index (χ0n) is 14.7. The maximum Gasteiger partial charge on any atom is 0.183 e. The predicted molar refractivity (Wildman–Crippen MR) is 95.4 cm³/mol. The first kappa shape index (κ1) is 17.8. The van der Waals surface area contributed by atoms with E-state index in [1.54, 1.807) is 4.90 Å². The van der Waals surface area contributed by atoms with Crippen LogP contribution in [0.25, 0.3) is 10.6 Å². The number of anilines is 1. The Morgan fingerprint density at radius 1 is 1.19 bits per heavy atom. The van der Waals surface area contributed by atoms with E-state index < -0.39 is 11.6 Å². The molecule has 0 radical (unpaired) electrons. The molecule has 4 rings (SSSR count). The van der Waals surface area contributed by atoms with Gasteiger partial charge in [0.15, 0.2) is 16.6 Å². The Bertz CT molecular complexity index is 815. The number of nitrogens with zero attached hydrogens (tertiary/aromatic N) is 3. The largest absolute Gasteiger partial charge is 0.392 e. The van der Waals surface area contributed by atoms with Crippen molar-refractivity contribution in [3.8, 4) is 10.6 Å². The molecule has 1 N–H and O–H groups in total. The minimum Gasteiger partial charge on any atom is -0.392 e. The fourth-order valence-electron chi connectivity index (χ4n) is 3.49. The van der Waals surface area contributed by atoms with Crippen LogP contribution in [0.4, 0.5) is 14.5 Å². The summed E-state index contributed by atoms with van der Waals surface area (Å²) in [5, 5.41) is 19.2. The Labute approximate surface area is 154 Å². The lowest BCUT2D eigenvalue weighted by Crippen LogP contribution is -2.46. The number of morpholine rings is 1. The second-order valence-corrected chi connectivity index (χ2v) is 8.11. The molecule has 2 atom stereocenters. The number of aliphatic hydroxyl groups is 1. The zero-order valence-corrected chi connectivity index (χ0v) is 15.5. The molecule has 2 aromatic rings. The van der Waals surface area contributed by atoms with Gasteiger partial charge in [-0.05, 0) is 32.8 Å². The van der Waals surface area contributed by atoms with Gasteiger partial charge in [-0.25, -0.2) is 8.78 Å². The highest BCUT2D eigenvalue weighted by Gasteiger charge is 2.31. The van der Waals surface area contributed by atoms with Gasteiger partial charge in [0, 0.05) is 24.6 Å². The molecule has 5 nitrogen and oxygen atoms in total. The molecule has 0 bridgehead atoms. The summed E-state index contributed by atoms with van der Waals surface area (Å²) in [6, 6.07) is 1.50. The van der Waals surface area contributed by atoms with Crippen LogP contribution < -0.4 is 4.90 Å². The molecule has 2 unspecified atom stereocenters. The van der Waals surface area contributed by atoms with Crippen LogP contribution in [0.5, 0.6) is 0 Å². The Hall–Kier alpha value is -1.64. The topological polar surface area (TPSA) is 58.5 Å². The Morgan fingerprint density at radius 3 is 2.50 bits per heavy atom. The van der Waals surface area contributed by atoms with Crippen molar-refractivity contribution in [1.29, 1.82) is 0 Å². The van der Waals surface area contributed by atoms with Crippen LogP contribution in [-0.2, 0) is 11.3 Å². The number of hydrogen-bond donors (Lipinski definition) is 1. The average Bonchev–Trinajstić information content (AvgIpc) is 3.33. The smallest absolute Gasteiger partial charge is 0.183 e. The van der Waals surface area contributed by atoms with Crippen LogP contribution >= 0.6 is 11.3 Å². The van der Waals surface area contributed by atoms with Crippen molar-refractivity contribution < 1.29 is 18.6 Å². The summed E-state index contributed by atoms with van der Waals surface area (Å²) in [5.74, 6) is -1.49. The Morgan fingerprint density at radius 2 is 1.88 bits per heavy atom. The van der Waals surface area contributed by atoms with Gasteiger partial charge >= 0.3 is 0 Å². The maximum absolute atomic E-state index is 15.0. The van der Waals surface area contributed by atoms with Crippen molar-refractivity contribution in [2.75, 3.05) is 18.0 Å². The molecule has 1 aliphatic carbocycles. The molecular weight excluding hydrogens is 360 g/mol. The van der Waals surface area contributed by atoms with Crippen molar-refractivity contribution in [2.24, 2.45) is 0 Å². The zero-order chi connectivity index (χ0) is 18.4. The van der Waals surface area contributed by atoms with E-state index in [0.717, 1.165) is 17.8 Å². The number of benzene rings is 1. The van der Waals surface area contributed by atoms with Crippen LogP contribution in [0.3, 0.4) is 0 Å². The summed E-state index contributed by atoms with van der Waals surface area (Å²) in [7, 11) is 0. The number of halogens is 2. The average molecular weight is 381 g/mol. The number of aliphatic hydroxyl groups excluding tert-OH is 1. The number of aromatic nitrogens is 2. The number of rotatable bonds is 4. The number of hydrogen-bond acceptors (Lipinski definition) is 6. The summed E-state index contributed by atoms with van der Waals surface area (Å²) in [6.07, 6.45) is 1.94. The third kappa shape index (κ3) is 3.21. The molecule has 0 spiro atoms. The molecule has 1 aromatic carbocycles. The molecule has 26 heavy (non-hydrogen) atoms. The van der Waals surface area contributed by atoms with Gasteiger partial charge in [0.2, 0.25) is 0 Å². The van der Waals surface area contributed by atoms with Crippen LogP contribution in [-0.4, -0.2) is 40.6 Å². The predicted octanol–water partition coefficient (Wildman–Crippen LogP) is 3.47. The van der Waals surface area contributed by atoms with Gasteiger partial charge in [-0.1, -0.05) is 11.3 Å². The normalized spacial score (nSPS) is 23.5. The molecular formula is C18H21F2N3O2S. The van der Waals surface area contributed by atoms with Gasteiger partial charge in [0.05, 0.1) is 30.1 Å². The molecule has 8 heteroatoms. The summed E-state index contributed by atoms with van der Waals surface area (Å²) in [6.45, 7) is 4.29. The van der Waals surface area contributed by atoms with Gasteiger partial charge in [-0.15, -0.1) is 10.2 Å². The molecule has 2 aliphatic rings. The molecule has 140 valence electrons. The third-order valence-corrected chi connectivity index (χ3v) is 5.88. The van der Waals surface area contributed by atoms with E-state index >= 15 is 0 Å². The van der Waals surface area contributed by atoms with Gasteiger partial charge in [0.1, 0.15) is 5.01 Å². The molecule has 2 fully saturated rings. The van der Waals surface area contributed by atoms with E-state index in [2.05, 4.69) is 10.2 Å². The highest BCUT2D eigenvalue weighted by atomic mass is 32.1. The van der Waals surface area contributed by atoms with Crippen LogP contribution in [0, 0.1) is 11.6 Å². The van der Waals surface area contributed by atoms with E-state index in [9.17, 15) is 13.9 Å². The molecule has 1 aliphatic heterocycles. The molecule has 1 aromatic heterocycles. The highest BCUT2D eigenvalue weighted by Crippen LogP contribution is 2.44. The lowest BCUT2D eigenvalue weighted by Gasteiger charge is -2.38. The van der Waals surface area contributed by atoms with Crippen LogP contribution in [0.1, 0.15) is 43.2 Å². The molecule has 2 heterocycles. The first-order valence-corrected chi connectivity index (χ1v) is 9.65. The first-order valence-electron chi connectivity index (χ1n) is 8.83. The molecule has 1 saturated heterocycles. The molecule has 0 amide bonds. The minimum atomic E-state index is -0.948. The quantitative estimate of drug-likeness (QED) is 0.879. The van der Waals surface area contributed by atoms with E-state index in [4.69, 9.17) is 4.74 Å². The minimum absolute atomic E-state index is 0.0639. The van der Waals surface area contributed by atoms with E-state index in [-0.39, 0.29) is 30.1 Å². The van der Waals surface area contributed by atoms with Crippen molar-refractivity contribution in [1.82, 2.24) is 10.2 Å². The van der Waals surface area contributed by atoms with E-state index in [1.807, 2.05) is 13.8 Å². The van der Waals surface area contributed by atoms with E-state index in [0.29, 0.717) is 29.6 Å². The molecule has 1 saturated carbocycles. The lowest BCUT2D eigenvalue weighted by molar-refractivity contribution is -0.00553. The highest BCUT2D eigenvalue weighted by molar-refractivity contribution is 7.14. The standard InChI is InChI=1S/C18H21F2N3O2S/c1-9-6-23(7-10(2)25-9)16-12(8-24)5-13(14(19)15(16)20)18-22-21-17(26-18)11-3-4-11/h5,9-11,24H,3-4,6-8H2,1-2H3. The van der Waals surface area contributed by atoms with Gasteiger partial charge in [-0.2, -0.15) is 0 Å². The van der Waals surface area contributed by atoms with Crippen molar-refractivity contribution in [3.05, 3.63) is 28.3 Å². The van der Waals surface area contributed by atoms with Crippen molar-refractivity contribution in [3.63, 3.8) is 0 Å². The SMILES string of the molecule is CC1CN(c2c(CO)cc(-c3nnc(C4CC4)s3)c(F)c2F)CC(C)O1. The summed E-state index contributed by atoms with van der Waals surface area (Å²) < 4.78 is 35.5. The van der Waals surface area contributed by atoms with E-state index in [1.165, 1.54) is 17.4 Å². The van der Waals surface area contributed by atoms with Crippen LogP contribution in [0.2, 0.25) is 0 Å². The van der Waals surface area contributed by atoms with Crippen LogP contribution in [0.15, 0.2) is 6.07 Å². The fourth-order valence-corrected chi connectivity index (χ4v) is 4.51. The van der Waals surface area contributed by atoms with Crippen molar-refractivity contribution in [2.45, 2.75) is 51.4 Å². The third-order valence-electron chi connectivity index (χ3n) is 4.76. The van der Waals surface area contributed by atoms with Gasteiger partial charge in [-0.3, -0.25) is 0 Å². The first-order chi connectivity index (χ1) is 12.5. The lowest BCUT2D eigenvalue weighted by atomic mass is 10.0. The fraction of sp³-hybridized carbons (Fsp3) is 0.556. The van der Waals surface area contributed by atoms with Gasteiger partial charge in [0.25, 0.3) is 0 Å². The van der Waals surface area contributed by atoms with Crippen molar-refractivity contribution >= 4 is 17.0 Å². The monoisotopic (exact) mass is 381 g/mol.